The summed E-state index contributed by atoms with van der Waals surface area (Å²) in [5.41, 5.74) is 0.340. The number of nitrogens with zero attached hydrogens (tertiary/aromatic N) is 1. The number of hydrogen-bond donors (Lipinski definition) is 0. The predicted molar refractivity (Wildman–Crippen MR) is 81.0 cm³/mol. The lowest BCUT2D eigenvalue weighted by atomic mass is 9.77. The molecule has 0 radical (unpaired) electrons. The largest absolute Gasteiger partial charge is 0.343 e. The fourth-order valence-corrected chi connectivity index (χ4v) is 3.11. The van der Waals surface area contributed by atoms with Crippen LogP contribution in [0.5, 0.6) is 0 Å². The summed E-state index contributed by atoms with van der Waals surface area (Å²) in [6.45, 7) is 8.83. The maximum atomic E-state index is 12.1. The normalized spacial score (nSPS) is 22.1. The molecule has 0 spiro atoms. The molecule has 0 aliphatic carbocycles. The van der Waals surface area contributed by atoms with Crippen molar-refractivity contribution in [2.75, 3.05) is 18.4 Å². The van der Waals surface area contributed by atoms with Crippen molar-refractivity contribution >= 4 is 21.8 Å². The van der Waals surface area contributed by atoms with Gasteiger partial charge in [-0.2, -0.15) is 0 Å². The van der Waals surface area contributed by atoms with Crippen molar-refractivity contribution in [1.29, 1.82) is 0 Å². The Balaban J connectivity index is 2.39. The summed E-state index contributed by atoms with van der Waals surface area (Å²) in [6.07, 6.45) is 6.58. The highest BCUT2D eigenvalue weighted by atomic mass is 79.9. The second kappa shape index (κ2) is 7.52. The van der Waals surface area contributed by atoms with E-state index in [9.17, 15) is 4.79 Å². The molecule has 1 atom stereocenters. The molecule has 0 N–H and O–H groups in total. The number of amides is 1. The molecule has 1 amide bonds. The van der Waals surface area contributed by atoms with Crippen LogP contribution < -0.4 is 0 Å². The van der Waals surface area contributed by atoms with Gasteiger partial charge in [-0.1, -0.05) is 43.1 Å². The SMILES string of the molecule is CC(C)(C)C1CCC(=O)N(CCCCCBr)CC1. The zero-order valence-corrected chi connectivity index (χ0v) is 13.8. The fourth-order valence-electron chi connectivity index (χ4n) is 2.71. The van der Waals surface area contributed by atoms with Crippen LogP contribution >= 0.6 is 15.9 Å². The van der Waals surface area contributed by atoms with Gasteiger partial charge in [-0.05, 0) is 37.0 Å². The smallest absolute Gasteiger partial charge is 0.222 e. The van der Waals surface area contributed by atoms with Gasteiger partial charge >= 0.3 is 0 Å². The molecule has 1 unspecified atom stereocenters. The first kappa shape index (κ1) is 16.0. The standard InChI is InChI=1S/C15H28BrNO/c1-15(2,3)13-7-8-14(18)17(12-9-13)11-6-4-5-10-16/h13H,4-12H2,1-3H3. The molecule has 0 saturated carbocycles. The van der Waals surface area contributed by atoms with Crippen molar-refractivity contribution in [3.8, 4) is 0 Å². The van der Waals surface area contributed by atoms with Gasteiger partial charge in [0, 0.05) is 24.8 Å². The number of halogens is 1. The summed E-state index contributed by atoms with van der Waals surface area (Å²) in [5.74, 6) is 1.06. The van der Waals surface area contributed by atoms with E-state index in [0.717, 1.165) is 37.7 Å². The van der Waals surface area contributed by atoms with Crippen LogP contribution in [0.4, 0.5) is 0 Å². The molecule has 1 saturated heterocycles. The second-order valence-corrected chi connectivity index (χ2v) is 7.31. The second-order valence-electron chi connectivity index (χ2n) is 6.52. The molecular weight excluding hydrogens is 290 g/mol. The monoisotopic (exact) mass is 317 g/mol. The fraction of sp³-hybridized carbons (Fsp3) is 0.933. The molecule has 1 aliphatic heterocycles. The molecule has 0 aromatic rings. The van der Waals surface area contributed by atoms with Crippen molar-refractivity contribution in [1.82, 2.24) is 4.90 Å². The lowest BCUT2D eigenvalue weighted by molar-refractivity contribution is -0.130. The summed E-state index contributed by atoms with van der Waals surface area (Å²) in [5, 5.41) is 1.08. The van der Waals surface area contributed by atoms with Gasteiger partial charge in [0.05, 0.1) is 0 Å². The Morgan fingerprint density at radius 3 is 2.56 bits per heavy atom. The molecule has 106 valence electrons. The van der Waals surface area contributed by atoms with Crippen molar-refractivity contribution in [2.24, 2.45) is 11.3 Å². The summed E-state index contributed by atoms with van der Waals surface area (Å²) in [4.78, 5) is 14.2. The van der Waals surface area contributed by atoms with Crippen LogP contribution in [0.15, 0.2) is 0 Å². The molecule has 1 aliphatic rings. The van der Waals surface area contributed by atoms with Gasteiger partial charge < -0.3 is 4.90 Å². The highest BCUT2D eigenvalue weighted by molar-refractivity contribution is 9.09. The van der Waals surface area contributed by atoms with E-state index in [4.69, 9.17) is 0 Å². The van der Waals surface area contributed by atoms with E-state index >= 15 is 0 Å². The molecule has 1 fully saturated rings. The Morgan fingerprint density at radius 1 is 1.22 bits per heavy atom. The van der Waals surface area contributed by atoms with E-state index in [1.165, 1.54) is 19.3 Å². The minimum absolute atomic E-state index is 0.340. The zero-order valence-electron chi connectivity index (χ0n) is 12.2. The quantitative estimate of drug-likeness (QED) is 0.549. The van der Waals surface area contributed by atoms with Crippen LogP contribution in [0.25, 0.3) is 0 Å². The molecule has 0 aromatic heterocycles. The van der Waals surface area contributed by atoms with E-state index < -0.39 is 0 Å². The zero-order chi connectivity index (χ0) is 13.6. The van der Waals surface area contributed by atoms with Gasteiger partial charge in [-0.3, -0.25) is 4.79 Å². The van der Waals surface area contributed by atoms with Gasteiger partial charge in [0.2, 0.25) is 5.91 Å². The van der Waals surface area contributed by atoms with E-state index in [1.807, 2.05) is 0 Å². The van der Waals surface area contributed by atoms with Crippen LogP contribution in [0.2, 0.25) is 0 Å². The number of carbonyl (C=O) groups excluding carboxylic acids is 1. The van der Waals surface area contributed by atoms with Gasteiger partial charge in [-0.25, -0.2) is 0 Å². The third-order valence-electron chi connectivity index (χ3n) is 4.09. The Hall–Kier alpha value is -0.0500. The number of hydrogen-bond acceptors (Lipinski definition) is 1. The van der Waals surface area contributed by atoms with E-state index in [1.54, 1.807) is 0 Å². The highest BCUT2D eigenvalue weighted by Crippen LogP contribution is 2.34. The predicted octanol–water partition coefficient (Wildman–Crippen LogP) is 4.23. The molecule has 2 nitrogen and oxygen atoms in total. The number of rotatable bonds is 5. The minimum Gasteiger partial charge on any atom is -0.343 e. The average Bonchev–Trinajstić information content (AvgIpc) is 2.47. The van der Waals surface area contributed by atoms with Crippen LogP contribution in [0, 0.1) is 11.3 Å². The van der Waals surface area contributed by atoms with E-state index in [0.29, 0.717) is 17.2 Å². The van der Waals surface area contributed by atoms with Gasteiger partial charge in [0.25, 0.3) is 0 Å². The lowest BCUT2D eigenvalue weighted by Crippen LogP contribution is -2.31. The Bertz CT molecular complexity index is 260. The molecule has 0 bridgehead atoms. The first-order valence-corrected chi connectivity index (χ1v) is 8.41. The van der Waals surface area contributed by atoms with Crippen molar-refractivity contribution in [3.05, 3.63) is 0 Å². The molecule has 3 heteroatoms. The van der Waals surface area contributed by atoms with Crippen LogP contribution in [0.3, 0.4) is 0 Å². The third-order valence-corrected chi connectivity index (χ3v) is 4.65. The molecule has 0 aromatic carbocycles. The number of unbranched alkanes of at least 4 members (excludes halogenated alkanes) is 2. The van der Waals surface area contributed by atoms with Crippen LogP contribution in [-0.4, -0.2) is 29.2 Å². The maximum Gasteiger partial charge on any atom is 0.222 e. The third kappa shape index (κ3) is 5.29. The average molecular weight is 318 g/mol. The van der Waals surface area contributed by atoms with Crippen LogP contribution in [-0.2, 0) is 4.79 Å². The maximum absolute atomic E-state index is 12.1. The minimum atomic E-state index is 0.340. The molecular formula is C15H28BrNO. The summed E-state index contributed by atoms with van der Waals surface area (Å²) in [7, 11) is 0. The van der Waals surface area contributed by atoms with Gasteiger partial charge in [0.1, 0.15) is 0 Å². The summed E-state index contributed by atoms with van der Waals surface area (Å²) in [6, 6.07) is 0. The number of likely N-dealkylation sites (tertiary alicyclic amines) is 1. The van der Waals surface area contributed by atoms with Crippen molar-refractivity contribution < 1.29 is 4.79 Å². The first-order valence-electron chi connectivity index (χ1n) is 7.29. The number of carbonyl (C=O) groups is 1. The van der Waals surface area contributed by atoms with Gasteiger partial charge in [0.15, 0.2) is 0 Å². The summed E-state index contributed by atoms with van der Waals surface area (Å²) < 4.78 is 0. The topological polar surface area (TPSA) is 20.3 Å². The van der Waals surface area contributed by atoms with E-state index in [2.05, 4.69) is 41.6 Å². The summed E-state index contributed by atoms with van der Waals surface area (Å²) >= 11 is 3.45. The van der Waals surface area contributed by atoms with Gasteiger partial charge in [-0.15, -0.1) is 0 Å². The Labute approximate surface area is 121 Å². The van der Waals surface area contributed by atoms with Crippen molar-refractivity contribution in [3.63, 3.8) is 0 Å². The number of alkyl halides is 1. The Kier molecular flexibility index (Phi) is 6.68. The molecule has 1 rings (SSSR count). The first-order chi connectivity index (χ1) is 8.45. The highest BCUT2D eigenvalue weighted by Gasteiger charge is 2.29. The lowest BCUT2D eigenvalue weighted by Gasteiger charge is -2.29. The van der Waals surface area contributed by atoms with Crippen LogP contribution in [0.1, 0.15) is 59.3 Å². The Morgan fingerprint density at radius 2 is 1.94 bits per heavy atom. The molecule has 1 heterocycles. The van der Waals surface area contributed by atoms with Crippen molar-refractivity contribution in [2.45, 2.75) is 59.3 Å². The molecule has 18 heavy (non-hydrogen) atoms. The van der Waals surface area contributed by atoms with E-state index in [-0.39, 0.29) is 0 Å².